The maximum absolute atomic E-state index is 12.8. The SMILES string of the molecule is O=C(NCC(O)c1ccc(F)cc1)c1cccc(Cl)c1. The number of benzene rings is 2. The number of aliphatic hydroxyl groups is 1. The van der Waals surface area contributed by atoms with E-state index in [-0.39, 0.29) is 18.3 Å². The molecule has 0 aliphatic heterocycles. The van der Waals surface area contributed by atoms with Crippen molar-refractivity contribution in [2.75, 3.05) is 6.54 Å². The number of halogens is 2. The van der Waals surface area contributed by atoms with Gasteiger partial charge in [0.25, 0.3) is 5.91 Å². The van der Waals surface area contributed by atoms with Crippen LogP contribution in [0.4, 0.5) is 4.39 Å². The number of carbonyl (C=O) groups is 1. The quantitative estimate of drug-likeness (QED) is 0.910. The molecule has 0 aliphatic rings. The molecule has 2 aromatic carbocycles. The third kappa shape index (κ3) is 3.79. The van der Waals surface area contributed by atoms with E-state index in [2.05, 4.69) is 5.32 Å². The number of amides is 1. The van der Waals surface area contributed by atoms with Gasteiger partial charge in [0, 0.05) is 17.1 Å². The van der Waals surface area contributed by atoms with E-state index in [0.717, 1.165) is 0 Å². The second kappa shape index (κ2) is 6.50. The molecule has 0 spiro atoms. The fourth-order valence-corrected chi connectivity index (χ4v) is 1.91. The van der Waals surface area contributed by atoms with E-state index in [1.54, 1.807) is 24.3 Å². The van der Waals surface area contributed by atoms with Crippen LogP contribution in [0.3, 0.4) is 0 Å². The largest absolute Gasteiger partial charge is 0.387 e. The monoisotopic (exact) mass is 293 g/mol. The maximum Gasteiger partial charge on any atom is 0.251 e. The lowest BCUT2D eigenvalue weighted by Crippen LogP contribution is -2.28. The van der Waals surface area contributed by atoms with Crippen LogP contribution in [0.1, 0.15) is 22.0 Å². The molecular weight excluding hydrogens is 281 g/mol. The summed E-state index contributed by atoms with van der Waals surface area (Å²) in [5.41, 5.74) is 0.960. The van der Waals surface area contributed by atoms with Crippen LogP contribution in [0.15, 0.2) is 48.5 Å². The lowest BCUT2D eigenvalue weighted by molar-refractivity contribution is 0.0916. The van der Waals surface area contributed by atoms with Gasteiger partial charge < -0.3 is 10.4 Å². The van der Waals surface area contributed by atoms with Crippen molar-refractivity contribution in [1.82, 2.24) is 5.32 Å². The fourth-order valence-electron chi connectivity index (χ4n) is 1.72. The van der Waals surface area contributed by atoms with Gasteiger partial charge in [-0.3, -0.25) is 4.79 Å². The maximum atomic E-state index is 12.8. The molecule has 0 heterocycles. The molecule has 0 saturated carbocycles. The minimum atomic E-state index is -0.890. The summed E-state index contributed by atoms with van der Waals surface area (Å²) in [6, 6.07) is 12.0. The van der Waals surface area contributed by atoms with Gasteiger partial charge in [0.1, 0.15) is 5.82 Å². The van der Waals surface area contributed by atoms with Gasteiger partial charge in [0.2, 0.25) is 0 Å². The van der Waals surface area contributed by atoms with Gasteiger partial charge in [-0.05, 0) is 35.9 Å². The Morgan fingerprint density at radius 2 is 1.95 bits per heavy atom. The number of nitrogens with one attached hydrogen (secondary N) is 1. The molecule has 2 N–H and O–H groups in total. The van der Waals surface area contributed by atoms with E-state index in [1.807, 2.05) is 0 Å². The molecule has 2 aromatic rings. The summed E-state index contributed by atoms with van der Waals surface area (Å²) in [4.78, 5) is 11.8. The standard InChI is InChI=1S/C15H13ClFNO2/c16-12-3-1-2-11(8-12)15(20)18-9-14(19)10-4-6-13(17)7-5-10/h1-8,14,19H,9H2,(H,18,20). The summed E-state index contributed by atoms with van der Waals surface area (Å²) in [5.74, 6) is -0.697. The van der Waals surface area contributed by atoms with Crippen molar-refractivity contribution < 1.29 is 14.3 Å². The number of aliphatic hydroxyl groups excluding tert-OH is 1. The van der Waals surface area contributed by atoms with Crippen molar-refractivity contribution in [3.63, 3.8) is 0 Å². The first kappa shape index (κ1) is 14.5. The molecule has 1 unspecified atom stereocenters. The third-order valence-electron chi connectivity index (χ3n) is 2.80. The Balaban J connectivity index is 1.94. The van der Waals surface area contributed by atoms with Gasteiger partial charge in [-0.1, -0.05) is 29.8 Å². The highest BCUT2D eigenvalue weighted by Crippen LogP contribution is 2.13. The van der Waals surface area contributed by atoms with Gasteiger partial charge in [0.15, 0.2) is 0 Å². The molecule has 0 fully saturated rings. The highest BCUT2D eigenvalue weighted by atomic mass is 35.5. The predicted molar refractivity (Wildman–Crippen MR) is 75.1 cm³/mol. The lowest BCUT2D eigenvalue weighted by atomic mass is 10.1. The molecule has 0 aliphatic carbocycles. The van der Waals surface area contributed by atoms with Crippen molar-refractivity contribution in [3.8, 4) is 0 Å². The molecule has 3 nitrogen and oxygen atoms in total. The molecule has 0 bridgehead atoms. The molecule has 1 atom stereocenters. The average Bonchev–Trinajstić information content (AvgIpc) is 2.45. The summed E-state index contributed by atoms with van der Waals surface area (Å²) in [6.45, 7) is 0.0387. The molecule has 5 heteroatoms. The molecule has 0 aromatic heterocycles. The van der Waals surface area contributed by atoms with Crippen LogP contribution >= 0.6 is 11.6 Å². The van der Waals surface area contributed by atoms with E-state index in [4.69, 9.17) is 11.6 Å². The fraction of sp³-hybridized carbons (Fsp3) is 0.133. The molecule has 1 amide bonds. The van der Waals surface area contributed by atoms with E-state index in [0.29, 0.717) is 16.1 Å². The van der Waals surface area contributed by atoms with Crippen LogP contribution < -0.4 is 5.32 Å². The highest BCUT2D eigenvalue weighted by Gasteiger charge is 2.11. The molecule has 104 valence electrons. The molecule has 20 heavy (non-hydrogen) atoms. The Morgan fingerprint density at radius 3 is 2.60 bits per heavy atom. The topological polar surface area (TPSA) is 49.3 Å². The van der Waals surface area contributed by atoms with Crippen molar-refractivity contribution in [3.05, 3.63) is 70.5 Å². The minimum absolute atomic E-state index is 0.0387. The van der Waals surface area contributed by atoms with Crippen LogP contribution in [-0.2, 0) is 0 Å². The van der Waals surface area contributed by atoms with Crippen molar-refractivity contribution >= 4 is 17.5 Å². The zero-order valence-electron chi connectivity index (χ0n) is 10.5. The number of rotatable bonds is 4. The second-order valence-corrected chi connectivity index (χ2v) is 4.72. The number of hydrogen-bond donors (Lipinski definition) is 2. The van der Waals surface area contributed by atoms with E-state index < -0.39 is 6.10 Å². The Labute approximate surface area is 121 Å². The molecule has 0 radical (unpaired) electrons. The molecular formula is C15H13ClFNO2. The van der Waals surface area contributed by atoms with Gasteiger partial charge in [0.05, 0.1) is 6.10 Å². The highest BCUT2D eigenvalue weighted by molar-refractivity contribution is 6.30. The van der Waals surface area contributed by atoms with Crippen molar-refractivity contribution in [1.29, 1.82) is 0 Å². The van der Waals surface area contributed by atoms with Crippen molar-refractivity contribution in [2.45, 2.75) is 6.10 Å². The first-order valence-electron chi connectivity index (χ1n) is 6.03. The van der Waals surface area contributed by atoms with Crippen LogP contribution in [-0.4, -0.2) is 17.6 Å². The second-order valence-electron chi connectivity index (χ2n) is 4.29. The van der Waals surface area contributed by atoms with E-state index in [9.17, 15) is 14.3 Å². The minimum Gasteiger partial charge on any atom is -0.387 e. The molecule has 2 rings (SSSR count). The number of hydrogen-bond acceptors (Lipinski definition) is 2. The summed E-state index contributed by atoms with van der Waals surface area (Å²) in [7, 11) is 0. The molecule has 0 saturated heterocycles. The summed E-state index contributed by atoms with van der Waals surface area (Å²) in [6.07, 6.45) is -0.890. The normalized spacial score (nSPS) is 11.9. The lowest BCUT2D eigenvalue weighted by Gasteiger charge is -2.12. The van der Waals surface area contributed by atoms with Crippen LogP contribution in [0.2, 0.25) is 5.02 Å². The van der Waals surface area contributed by atoms with Crippen molar-refractivity contribution in [2.24, 2.45) is 0 Å². The Morgan fingerprint density at radius 1 is 1.25 bits per heavy atom. The summed E-state index contributed by atoms with van der Waals surface area (Å²) in [5, 5.41) is 13.0. The van der Waals surface area contributed by atoms with Crippen LogP contribution in [0.5, 0.6) is 0 Å². The zero-order chi connectivity index (χ0) is 14.5. The van der Waals surface area contributed by atoms with Gasteiger partial charge in [-0.15, -0.1) is 0 Å². The van der Waals surface area contributed by atoms with Gasteiger partial charge >= 0.3 is 0 Å². The summed E-state index contributed by atoms with van der Waals surface area (Å²) >= 11 is 5.80. The summed E-state index contributed by atoms with van der Waals surface area (Å²) < 4.78 is 12.8. The zero-order valence-corrected chi connectivity index (χ0v) is 11.3. The number of carbonyl (C=O) groups excluding carboxylic acids is 1. The van der Waals surface area contributed by atoms with Crippen LogP contribution in [0, 0.1) is 5.82 Å². The van der Waals surface area contributed by atoms with Gasteiger partial charge in [-0.25, -0.2) is 4.39 Å². The third-order valence-corrected chi connectivity index (χ3v) is 3.03. The van der Waals surface area contributed by atoms with E-state index >= 15 is 0 Å². The van der Waals surface area contributed by atoms with Gasteiger partial charge in [-0.2, -0.15) is 0 Å². The smallest absolute Gasteiger partial charge is 0.251 e. The average molecular weight is 294 g/mol. The van der Waals surface area contributed by atoms with E-state index in [1.165, 1.54) is 24.3 Å². The Kier molecular flexibility index (Phi) is 4.71. The Bertz CT molecular complexity index is 601. The first-order chi connectivity index (χ1) is 9.56. The Hall–Kier alpha value is -1.91. The van der Waals surface area contributed by atoms with Crippen LogP contribution in [0.25, 0.3) is 0 Å². The predicted octanol–water partition coefficient (Wildman–Crippen LogP) is 2.94. The first-order valence-corrected chi connectivity index (χ1v) is 6.41.